The SMILES string of the molecule is CCC(=O)NC(C)(C(N)=O)c1nccs1. The third kappa shape index (κ3) is 2.33. The van der Waals surface area contributed by atoms with Gasteiger partial charge in [0, 0.05) is 18.0 Å². The lowest BCUT2D eigenvalue weighted by atomic mass is 10.0. The Morgan fingerprint density at radius 3 is 2.73 bits per heavy atom. The minimum Gasteiger partial charge on any atom is -0.367 e. The van der Waals surface area contributed by atoms with Crippen molar-refractivity contribution in [3.8, 4) is 0 Å². The first-order chi connectivity index (χ1) is 7.00. The van der Waals surface area contributed by atoms with Crippen molar-refractivity contribution in [3.63, 3.8) is 0 Å². The van der Waals surface area contributed by atoms with E-state index >= 15 is 0 Å². The Balaban J connectivity index is 2.99. The van der Waals surface area contributed by atoms with Crippen LogP contribution >= 0.6 is 11.3 Å². The third-order valence-corrected chi connectivity index (χ3v) is 3.06. The molecule has 15 heavy (non-hydrogen) atoms. The predicted octanol–water partition coefficient (Wildman–Crippen LogP) is 0.370. The van der Waals surface area contributed by atoms with Crippen LogP contribution in [0.4, 0.5) is 0 Å². The van der Waals surface area contributed by atoms with Gasteiger partial charge in [-0.1, -0.05) is 6.92 Å². The molecule has 0 saturated carbocycles. The van der Waals surface area contributed by atoms with Crippen LogP contribution in [0.5, 0.6) is 0 Å². The summed E-state index contributed by atoms with van der Waals surface area (Å²) < 4.78 is 0. The van der Waals surface area contributed by atoms with Crippen molar-refractivity contribution < 1.29 is 9.59 Å². The summed E-state index contributed by atoms with van der Waals surface area (Å²) >= 11 is 1.28. The Hall–Kier alpha value is -1.43. The number of hydrogen-bond donors (Lipinski definition) is 2. The van der Waals surface area contributed by atoms with Gasteiger partial charge in [0.1, 0.15) is 5.01 Å². The van der Waals surface area contributed by atoms with Gasteiger partial charge in [-0.2, -0.15) is 0 Å². The zero-order chi connectivity index (χ0) is 11.5. The zero-order valence-electron chi connectivity index (χ0n) is 8.61. The van der Waals surface area contributed by atoms with Gasteiger partial charge in [0.25, 0.3) is 0 Å². The van der Waals surface area contributed by atoms with E-state index in [0.29, 0.717) is 11.4 Å². The summed E-state index contributed by atoms with van der Waals surface area (Å²) in [5.74, 6) is -0.842. The summed E-state index contributed by atoms with van der Waals surface area (Å²) in [6, 6.07) is 0. The first kappa shape index (κ1) is 11.6. The smallest absolute Gasteiger partial charge is 0.250 e. The van der Waals surface area contributed by atoms with Crippen molar-refractivity contribution >= 4 is 23.2 Å². The molecule has 1 atom stereocenters. The van der Waals surface area contributed by atoms with Crippen LogP contribution in [0, 0.1) is 0 Å². The average Bonchev–Trinajstić information content (AvgIpc) is 2.70. The Morgan fingerprint density at radius 2 is 2.33 bits per heavy atom. The quantitative estimate of drug-likeness (QED) is 0.779. The molecule has 3 N–H and O–H groups in total. The van der Waals surface area contributed by atoms with Crippen molar-refractivity contribution in [1.82, 2.24) is 10.3 Å². The van der Waals surface area contributed by atoms with E-state index in [9.17, 15) is 9.59 Å². The van der Waals surface area contributed by atoms with Crippen molar-refractivity contribution in [3.05, 3.63) is 16.6 Å². The average molecular weight is 227 g/mol. The van der Waals surface area contributed by atoms with Gasteiger partial charge < -0.3 is 11.1 Å². The second-order valence-electron chi connectivity index (χ2n) is 3.23. The molecule has 1 unspecified atom stereocenters. The van der Waals surface area contributed by atoms with E-state index in [1.165, 1.54) is 11.3 Å². The molecular weight excluding hydrogens is 214 g/mol. The molecule has 0 aromatic carbocycles. The summed E-state index contributed by atoms with van der Waals surface area (Å²) in [4.78, 5) is 26.6. The molecule has 0 aliphatic heterocycles. The largest absolute Gasteiger partial charge is 0.367 e. The van der Waals surface area contributed by atoms with Gasteiger partial charge >= 0.3 is 0 Å². The molecule has 1 aromatic rings. The Bertz CT molecular complexity index is 363. The first-order valence-corrected chi connectivity index (χ1v) is 5.39. The van der Waals surface area contributed by atoms with E-state index in [0.717, 1.165) is 0 Å². The molecule has 6 heteroatoms. The summed E-state index contributed by atoms with van der Waals surface area (Å²) in [5.41, 5.74) is 4.07. The van der Waals surface area contributed by atoms with Gasteiger partial charge in [-0.3, -0.25) is 9.59 Å². The molecular formula is C9H13N3O2S. The van der Waals surface area contributed by atoms with Gasteiger partial charge in [0.15, 0.2) is 5.54 Å². The van der Waals surface area contributed by atoms with Crippen LogP contribution in [0.25, 0.3) is 0 Å². The number of nitrogens with two attached hydrogens (primary N) is 1. The molecule has 1 rings (SSSR count). The van der Waals surface area contributed by atoms with Crippen LogP contribution in [-0.2, 0) is 15.1 Å². The van der Waals surface area contributed by atoms with E-state index in [4.69, 9.17) is 5.73 Å². The molecule has 1 aromatic heterocycles. The van der Waals surface area contributed by atoms with Gasteiger partial charge in [-0.15, -0.1) is 11.3 Å². The fourth-order valence-electron chi connectivity index (χ4n) is 1.06. The lowest BCUT2D eigenvalue weighted by molar-refractivity contribution is -0.131. The number of thiazole rings is 1. The highest BCUT2D eigenvalue weighted by atomic mass is 32.1. The van der Waals surface area contributed by atoms with E-state index in [1.807, 2.05) is 0 Å². The number of hydrogen-bond acceptors (Lipinski definition) is 4. The maximum absolute atomic E-state index is 11.3. The van der Waals surface area contributed by atoms with Gasteiger partial charge in [-0.25, -0.2) is 4.98 Å². The highest BCUT2D eigenvalue weighted by Crippen LogP contribution is 2.22. The van der Waals surface area contributed by atoms with Gasteiger partial charge in [0.05, 0.1) is 0 Å². The van der Waals surface area contributed by atoms with E-state index in [-0.39, 0.29) is 5.91 Å². The molecule has 0 aliphatic rings. The summed E-state index contributed by atoms with van der Waals surface area (Å²) in [5, 5.41) is 4.81. The number of rotatable bonds is 4. The minimum atomic E-state index is -1.21. The Kier molecular flexibility index (Phi) is 3.41. The Morgan fingerprint density at radius 1 is 1.67 bits per heavy atom. The van der Waals surface area contributed by atoms with Crippen LogP contribution in [0.3, 0.4) is 0 Å². The second kappa shape index (κ2) is 4.39. The van der Waals surface area contributed by atoms with Crippen LogP contribution in [0.15, 0.2) is 11.6 Å². The first-order valence-electron chi connectivity index (χ1n) is 4.51. The van der Waals surface area contributed by atoms with E-state index < -0.39 is 11.4 Å². The van der Waals surface area contributed by atoms with Crippen molar-refractivity contribution in [1.29, 1.82) is 0 Å². The topological polar surface area (TPSA) is 85.1 Å². The third-order valence-electron chi connectivity index (χ3n) is 2.06. The normalized spacial score (nSPS) is 14.3. The lowest BCUT2D eigenvalue weighted by Gasteiger charge is -2.24. The monoisotopic (exact) mass is 227 g/mol. The standard InChI is InChI=1S/C9H13N3O2S/c1-3-6(13)12-9(2,7(10)14)8-11-4-5-15-8/h4-5H,3H2,1-2H3,(H2,10,14)(H,12,13). The molecule has 82 valence electrons. The molecule has 0 saturated heterocycles. The number of carbonyl (C=O) groups excluding carboxylic acids is 2. The number of carbonyl (C=O) groups is 2. The fraction of sp³-hybridized carbons (Fsp3) is 0.444. The van der Waals surface area contributed by atoms with Crippen LogP contribution in [0.1, 0.15) is 25.3 Å². The summed E-state index contributed by atoms with van der Waals surface area (Å²) in [7, 11) is 0. The van der Waals surface area contributed by atoms with Gasteiger partial charge in [0.2, 0.25) is 11.8 Å². The van der Waals surface area contributed by atoms with Crippen molar-refractivity contribution in [2.45, 2.75) is 25.8 Å². The zero-order valence-corrected chi connectivity index (χ0v) is 9.43. The van der Waals surface area contributed by atoms with Crippen molar-refractivity contribution in [2.24, 2.45) is 5.73 Å². The number of nitrogens with zero attached hydrogens (tertiary/aromatic N) is 1. The number of aromatic nitrogens is 1. The Labute approximate surface area is 91.7 Å². The second-order valence-corrected chi connectivity index (χ2v) is 4.12. The molecule has 0 aliphatic carbocycles. The number of primary amides is 1. The molecule has 0 fully saturated rings. The summed E-state index contributed by atoms with van der Waals surface area (Å²) in [6.45, 7) is 3.26. The van der Waals surface area contributed by atoms with E-state index in [1.54, 1.807) is 25.4 Å². The molecule has 2 amide bonds. The van der Waals surface area contributed by atoms with Crippen molar-refractivity contribution in [2.75, 3.05) is 0 Å². The lowest BCUT2D eigenvalue weighted by Crippen LogP contribution is -2.52. The molecule has 1 heterocycles. The number of amides is 2. The van der Waals surface area contributed by atoms with Crippen LogP contribution < -0.4 is 11.1 Å². The molecule has 5 nitrogen and oxygen atoms in total. The maximum atomic E-state index is 11.3. The van der Waals surface area contributed by atoms with Gasteiger partial charge in [-0.05, 0) is 6.92 Å². The highest BCUT2D eigenvalue weighted by molar-refractivity contribution is 7.09. The van der Waals surface area contributed by atoms with E-state index in [2.05, 4.69) is 10.3 Å². The molecule has 0 spiro atoms. The molecule has 0 radical (unpaired) electrons. The highest BCUT2D eigenvalue weighted by Gasteiger charge is 2.37. The maximum Gasteiger partial charge on any atom is 0.250 e. The molecule has 0 bridgehead atoms. The van der Waals surface area contributed by atoms with Crippen LogP contribution in [-0.4, -0.2) is 16.8 Å². The predicted molar refractivity (Wildman–Crippen MR) is 57.1 cm³/mol. The fourth-order valence-corrected chi connectivity index (χ4v) is 1.82. The summed E-state index contributed by atoms with van der Waals surface area (Å²) in [6.07, 6.45) is 1.87. The minimum absolute atomic E-state index is 0.230. The number of nitrogens with one attached hydrogen (secondary N) is 1. The van der Waals surface area contributed by atoms with Crippen LogP contribution in [0.2, 0.25) is 0 Å².